The van der Waals surface area contributed by atoms with Gasteiger partial charge in [0.25, 0.3) is 5.56 Å². The fourth-order valence-corrected chi connectivity index (χ4v) is 3.13. The maximum Gasteiger partial charge on any atom is 0.311 e. The van der Waals surface area contributed by atoms with Gasteiger partial charge in [-0.25, -0.2) is 4.98 Å². The van der Waals surface area contributed by atoms with Crippen LogP contribution in [0, 0.1) is 10.1 Å². The summed E-state index contributed by atoms with van der Waals surface area (Å²) in [6, 6.07) is 20.7. The van der Waals surface area contributed by atoms with E-state index >= 15 is 0 Å². The smallest absolute Gasteiger partial charge is 0.311 e. The lowest BCUT2D eigenvalue weighted by molar-refractivity contribution is -0.385. The Morgan fingerprint density at radius 2 is 1.77 bits per heavy atom. The standard InChI is InChI=1S/C22H16N4O4/c1-30-20-16(10-7-13-19(20)26(28)29)14-23-25-21(15-8-3-2-4-9-15)24-18-12-6-5-11-17(18)22(25)27/h2-14H,1H3. The second kappa shape index (κ2) is 7.96. The Morgan fingerprint density at radius 1 is 1.03 bits per heavy atom. The number of hydrogen-bond donors (Lipinski definition) is 0. The largest absolute Gasteiger partial charge is 0.490 e. The van der Waals surface area contributed by atoms with Gasteiger partial charge in [-0.3, -0.25) is 14.9 Å². The molecule has 8 heteroatoms. The molecule has 0 unspecified atom stereocenters. The molecule has 4 rings (SSSR count). The van der Waals surface area contributed by atoms with E-state index < -0.39 is 4.92 Å². The lowest BCUT2D eigenvalue weighted by Crippen LogP contribution is -2.20. The molecule has 0 aliphatic carbocycles. The van der Waals surface area contributed by atoms with Crippen LogP contribution in [0.25, 0.3) is 22.3 Å². The van der Waals surface area contributed by atoms with Crippen LogP contribution in [-0.4, -0.2) is 27.9 Å². The minimum atomic E-state index is -0.532. The minimum absolute atomic E-state index is 0.0642. The van der Waals surface area contributed by atoms with E-state index in [1.807, 2.05) is 36.4 Å². The van der Waals surface area contributed by atoms with Crippen molar-refractivity contribution in [1.29, 1.82) is 0 Å². The number of nitro benzene ring substituents is 1. The molecule has 0 spiro atoms. The molecule has 8 nitrogen and oxygen atoms in total. The topological polar surface area (TPSA) is 99.6 Å². The van der Waals surface area contributed by atoms with Gasteiger partial charge in [0, 0.05) is 17.2 Å². The molecular formula is C22H16N4O4. The second-order valence-electron chi connectivity index (χ2n) is 6.34. The molecule has 148 valence electrons. The van der Waals surface area contributed by atoms with Crippen molar-refractivity contribution in [3.05, 3.63) is 98.8 Å². The summed E-state index contributed by atoms with van der Waals surface area (Å²) in [6.45, 7) is 0. The van der Waals surface area contributed by atoms with Crippen LogP contribution in [0.15, 0.2) is 82.7 Å². The van der Waals surface area contributed by atoms with E-state index in [2.05, 4.69) is 10.1 Å². The third-order valence-electron chi connectivity index (χ3n) is 4.52. The maximum absolute atomic E-state index is 13.1. The highest BCUT2D eigenvalue weighted by molar-refractivity contribution is 5.86. The first-order chi connectivity index (χ1) is 14.6. The quantitative estimate of drug-likeness (QED) is 0.288. The van der Waals surface area contributed by atoms with Crippen LogP contribution in [-0.2, 0) is 0 Å². The first kappa shape index (κ1) is 19.0. The summed E-state index contributed by atoms with van der Waals surface area (Å²) in [5.74, 6) is 0.425. The van der Waals surface area contributed by atoms with Gasteiger partial charge in [0.05, 0.1) is 29.2 Å². The van der Waals surface area contributed by atoms with Gasteiger partial charge in [0.2, 0.25) is 5.75 Å². The first-order valence-electron chi connectivity index (χ1n) is 9.03. The van der Waals surface area contributed by atoms with Crippen molar-refractivity contribution in [1.82, 2.24) is 9.66 Å². The van der Waals surface area contributed by atoms with E-state index in [4.69, 9.17) is 4.74 Å². The zero-order valence-corrected chi connectivity index (χ0v) is 15.9. The number of rotatable bonds is 5. The molecule has 30 heavy (non-hydrogen) atoms. The zero-order valence-electron chi connectivity index (χ0n) is 15.9. The Balaban J connectivity index is 1.93. The fraction of sp³-hybridized carbons (Fsp3) is 0.0455. The molecule has 4 aromatic rings. The lowest BCUT2D eigenvalue weighted by atomic mass is 10.2. The van der Waals surface area contributed by atoms with Gasteiger partial charge in [-0.1, -0.05) is 48.5 Å². The highest BCUT2D eigenvalue weighted by atomic mass is 16.6. The fourth-order valence-electron chi connectivity index (χ4n) is 3.13. The van der Waals surface area contributed by atoms with Crippen LogP contribution < -0.4 is 10.3 Å². The summed E-state index contributed by atoms with van der Waals surface area (Å²) in [7, 11) is 1.35. The molecule has 0 bridgehead atoms. The lowest BCUT2D eigenvalue weighted by Gasteiger charge is -2.10. The number of para-hydroxylation sites is 2. The predicted molar refractivity (Wildman–Crippen MR) is 114 cm³/mol. The summed E-state index contributed by atoms with van der Waals surface area (Å²) in [4.78, 5) is 28.5. The van der Waals surface area contributed by atoms with Crippen molar-refractivity contribution in [2.75, 3.05) is 7.11 Å². The van der Waals surface area contributed by atoms with Crippen LogP contribution in [0.1, 0.15) is 5.56 Å². The summed E-state index contributed by atoms with van der Waals surface area (Å²) >= 11 is 0. The van der Waals surface area contributed by atoms with Crippen molar-refractivity contribution in [2.24, 2.45) is 5.10 Å². The Bertz CT molecular complexity index is 1330. The summed E-state index contributed by atoms with van der Waals surface area (Å²) < 4.78 is 6.40. The number of hydrogen-bond acceptors (Lipinski definition) is 6. The summed E-state index contributed by atoms with van der Waals surface area (Å²) in [6.07, 6.45) is 1.36. The van der Waals surface area contributed by atoms with Gasteiger partial charge in [0.1, 0.15) is 0 Å². The first-order valence-corrected chi connectivity index (χ1v) is 9.03. The molecule has 0 aliphatic heterocycles. The monoisotopic (exact) mass is 400 g/mol. The van der Waals surface area contributed by atoms with E-state index in [0.717, 1.165) is 0 Å². The van der Waals surface area contributed by atoms with Crippen LogP contribution in [0.3, 0.4) is 0 Å². The number of nitro groups is 1. The number of benzene rings is 3. The van der Waals surface area contributed by atoms with Crippen LogP contribution in [0.4, 0.5) is 5.69 Å². The molecular weight excluding hydrogens is 384 g/mol. The predicted octanol–water partition coefficient (Wildman–Crippen LogP) is 3.86. The Morgan fingerprint density at radius 3 is 2.50 bits per heavy atom. The van der Waals surface area contributed by atoms with Crippen molar-refractivity contribution >= 4 is 22.8 Å². The molecule has 0 aliphatic rings. The minimum Gasteiger partial charge on any atom is -0.490 e. The Labute approximate surface area is 170 Å². The van der Waals surface area contributed by atoms with Crippen LogP contribution >= 0.6 is 0 Å². The maximum atomic E-state index is 13.1. The molecule has 0 radical (unpaired) electrons. The zero-order chi connectivity index (χ0) is 21.1. The van der Waals surface area contributed by atoms with Crippen molar-refractivity contribution in [3.63, 3.8) is 0 Å². The van der Waals surface area contributed by atoms with Gasteiger partial charge >= 0.3 is 5.69 Å². The number of fused-ring (bicyclic) bond motifs is 1. The molecule has 0 amide bonds. The van der Waals surface area contributed by atoms with E-state index in [9.17, 15) is 14.9 Å². The van der Waals surface area contributed by atoms with Gasteiger partial charge in [-0.05, 0) is 18.2 Å². The van der Waals surface area contributed by atoms with Gasteiger partial charge in [-0.2, -0.15) is 9.78 Å². The number of aromatic nitrogens is 2. The van der Waals surface area contributed by atoms with E-state index in [0.29, 0.717) is 27.9 Å². The molecule has 0 saturated heterocycles. The van der Waals surface area contributed by atoms with E-state index in [1.54, 1.807) is 24.3 Å². The molecule has 1 heterocycles. The summed E-state index contributed by atoms with van der Waals surface area (Å²) in [5, 5.41) is 16.0. The van der Waals surface area contributed by atoms with Gasteiger partial charge < -0.3 is 4.74 Å². The van der Waals surface area contributed by atoms with Crippen molar-refractivity contribution < 1.29 is 9.66 Å². The van der Waals surface area contributed by atoms with E-state index in [-0.39, 0.29) is 17.0 Å². The summed E-state index contributed by atoms with van der Waals surface area (Å²) in [5.41, 5.74) is 1.10. The Hall–Kier alpha value is -4.33. The molecule has 0 fully saturated rings. The normalized spacial score (nSPS) is 11.1. The van der Waals surface area contributed by atoms with Gasteiger partial charge in [-0.15, -0.1) is 0 Å². The number of nitrogens with zero attached hydrogens (tertiary/aromatic N) is 4. The van der Waals surface area contributed by atoms with Gasteiger partial charge in [0.15, 0.2) is 5.82 Å². The van der Waals surface area contributed by atoms with Crippen molar-refractivity contribution in [2.45, 2.75) is 0 Å². The Kier molecular flexibility index (Phi) is 5.04. The van der Waals surface area contributed by atoms with Crippen LogP contribution in [0.5, 0.6) is 5.75 Å². The average molecular weight is 400 g/mol. The second-order valence-corrected chi connectivity index (χ2v) is 6.34. The highest BCUT2D eigenvalue weighted by Gasteiger charge is 2.18. The SMILES string of the molecule is COc1c(C=Nn2c(-c3ccccc3)nc3ccccc3c2=O)cccc1[N+](=O)[O-]. The van der Waals surface area contributed by atoms with Crippen molar-refractivity contribution in [3.8, 4) is 17.1 Å². The van der Waals surface area contributed by atoms with Crippen LogP contribution in [0.2, 0.25) is 0 Å². The number of methoxy groups -OCH3 is 1. The number of ether oxygens (including phenoxy) is 1. The third kappa shape index (κ3) is 3.42. The molecule has 1 aromatic heterocycles. The molecule has 0 atom stereocenters. The average Bonchev–Trinajstić information content (AvgIpc) is 2.78. The molecule has 0 N–H and O–H groups in total. The third-order valence-corrected chi connectivity index (χ3v) is 4.52. The molecule has 0 saturated carbocycles. The molecule has 3 aromatic carbocycles. The highest BCUT2D eigenvalue weighted by Crippen LogP contribution is 2.29. The van der Waals surface area contributed by atoms with E-state index in [1.165, 1.54) is 30.1 Å².